The summed E-state index contributed by atoms with van der Waals surface area (Å²) in [4.78, 5) is 10.1. The molecular formula is C11H14FNO5S. The van der Waals surface area contributed by atoms with E-state index in [9.17, 15) is 17.6 Å². The van der Waals surface area contributed by atoms with Gasteiger partial charge in [0.15, 0.2) is 11.6 Å². The molecule has 0 fully saturated rings. The highest BCUT2D eigenvalue weighted by molar-refractivity contribution is 7.89. The molecule has 0 aromatic heterocycles. The van der Waals surface area contributed by atoms with Gasteiger partial charge >= 0.3 is 5.97 Å². The van der Waals surface area contributed by atoms with Crippen LogP contribution in [0.15, 0.2) is 17.0 Å². The summed E-state index contributed by atoms with van der Waals surface area (Å²) in [6, 6.07) is 2.41. The Morgan fingerprint density at radius 1 is 1.47 bits per heavy atom. The van der Waals surface area contributed by atoms with E-state index in [-0.39, 0.29) is 29.2 Å². The van der Waals surface area contributed by atoms with Crippen molar-refractivity contribution < 1.29 is 27.4 Å². The van der Waals surface area contributed by atoms with E-state index in [1.807, 2.05) is 0 Å². The zero-order chi connectivity index (χ0) is 14.6. The second-order valence-electron chi connectivity index (χ2n) is 3.75. The van der Waals surface area contributed by atoms with Crippen LogP contribution in [0.2, 0.25) is 0 Å². The molecule has 0 bridgehead atoms. The lowest BCUT2D eigenvalue weighted by Gasteiger charge is -2.11. The zero-order valence-electron chi connectivity index (χ0n) is 10.4. The lowest BCUT2D eigenvalue weighted by Crippen LogP contribution is -2.27. The molecule has 0 spiro atoms. The van der Waals surface area contributed by atoms with Gasteiger partial charge in [-0.3, -0.25) is 4.79 Å². The summed E-state index contributed by atoms with van der Waals surface area (Å²) in [6.07, 6.45) is -0.350. The van der Waals surface area contributed by atoms with Crippen molar-refractivity contribution in [1.29, 1.82) is 0 Å². The summed E-state index contributed by atoms with van der Waals surface area (Å²) in [7, 11) is -2.67. The highest BCUT2D eigenvalue weighted by Gasteiger charge is 2.21. The first kappa shape index (κ1) is 15.4. The minimum atomic E-state index is -3.94. The Morgan fingerprint density at radius 2 is 2.11 bits per heavy atom. The number of rotatable bonds is 6. The Hall–Kier alpha value is -1.67. The first-order chi connectivity index (χ1) is 8.79. The molecule has 0 radical (unpaired) electrons. The van der Waals surface area contributed by atoms with E-state index in [0.29, 0.717) is 0 Å². The van der Waals surface area contributed by atoms with Crippen molar-refractivity contribution >= 4 is 16.0 Å². The molecule has 0 saturated heterocycles. The van der Waals surface area contributed by atoms with E-state index in [1.165, 1.54) is 26.2 Å². The van der Waals surface area contributed by atoms with Gasteiger partial charge in [0, 0.05) is 12.1 Å². The summed E-state index contributed by atoms with van der Waals surface area (Å²) < 4.78 is 44.3. The average Bonchev–Trinajstić information content (AvgIpc) is 2.31. The van der Waals surface area contributed by atoms with E-state index in [1.54, 1.807) is 0 Å². The lowest BCUT2D eigenvalue weighted by atomic mass is 10.2. The van der Waals surface area contributed by atoms with Gasteiger partial charge in [0.1, 0.15) is 0 Å². The van der Waals surface area contributed by atoms with Crippen LogP contribution in [0.3, 0.4) is 0 Å². The van der Waals surface area contributed by atoms with Gasteiger partial charge in [-0.2, -0.15) is 0 Å². The van der Waals surface area contributed by atoms with Gasteiger partial charge in [-0.1, -0.05) is 0 Å². The number of benzene rings is 1. The highest BCUT2D eigenvalue weighted by atomic mass is 32.2. The fourth-order valence-electron chi connectivity index (χ4n) is 1.46. The molecule has 0 aliphatic rings. The Balaban J connectivity index is 3.02. The standard InChI is InChI=1S/C11H14FNO5S/c1-7-9(4-3-8(18-2)11(7)12)19(16,17)13-6-5-10(14)15/h3-4,13H,5-6H2,1-2H3,(H,14,15). The van der Waals surface area contributed by atoms with Gasteiger partial charge in [-0.25, -0.2) is 17.5 Å². The van der Waals surface area contributed by atoms with Crippen molar-refractivity contribution in [1.82, 2.24) is 4.72 Å². The molecule has 0 heterocycles. The monoisotopic (exact) mass is 291 g/mol. The van der Waals surface area contributed by atoms with Gasteiger partial charge < -0.3 is 9.84 Å². The number of ether oxygens (including phenoxy) is 1. The highest BCUT2D eigenvalue weighted by Crippen LogP contribution is 2.25. The van der Waals surface area contributed by atoms with Crippen LogP contribution in [-0.2, 0) is 14.8 Å². The summed E-state index contributed by atoms with van der Waals surface area (Å²) in [5.74, 6) is -1.94. The first-order valence-corrected chi connectivity index (χ1v) is 6.82. The summed E-state index contributed by atoms with van der Waals surface area (Å²) in [6.45, 7) is 1.05. The summed E-state index contributed by atoms with van der Waals surface area (Å²) >= 11 is 0. The number of methoxy groups -OCH3 is 1. The van der Waals surface area contributed by atoms with Crippen molar-refractivity contribution in [2.75, 3.05) is 13.7 Å². The predicted octanol–water partition coefficient (Wildman–Crippen LogP) is 0.896. The molecule has 0 atom stereocenters. The molecule has 1 rings (SSSR count). The number of aliphatic carboxylic acids is 1. The topological polar surface area (TPSA) is 92.7 Å². The maximum absolute atomic E-state index is 13.7. The van der Waals surface area contributed by atoms with E-state index in [2.05, 4.69) is 4.72 Å². The van der Waals surface area contributed by atoms with Crippen LogP contribution < -0.4 is 9.46 Å². The molecule has 106 valence electrons. The Labute approximate surface area is 110 Å². The minimum Gasteiger partial charge on any atom is -0.494 e. The number of carboxylic acid groups (broad SMARTS) is 1. The summed E-state index contributed by atoms with van der Waals surface area (Å²) in [5.41, 5.74) is -0.0813. The molecule has 1 aromatic rings. The van der Waals surface area contributed by atoms with Crippen molar-refractivity contribution in [2.24, 2.45) is 0 Å². The van der Waals surface area contributed by atoms with Crippen LogP contribution in [0.4, 0.5) is 4.39 Å². The van der Waals surface area contributed by atoms with E-state index < -0.39 is 21.8 Å². The predicted molar refractivity (Wildman–Crippen MR) is 65.1 cm³/mol. The molecule has 6 nitrogen and oxygen atoms in total. The molecule has 0 saturated carbocycles. The lowest BCUT2D eigenvalue weighted by molar-refractivity contribution is -0.136. The van der Waals surface area contributed by atoms with Gasteiger partial charge in [0.05, 0.1) is 18.4 Å². The van der Waals surface area contributed by atoms with Crippen LogP contribution in [0.5, 0.6) is 5.75 Å². The van der Waals surface area contributed by atoms with E-state index >= 15 is 0 Å². The van der Waals surface area contributed by atoms with Crippen LogP contribution in [0, 0.1) is 12.7 Å². The number of sulfonamides is 1. The smallest absolute Gasteiger partial charge is 0.304 e. The third-order valence-electron chi connectivity index (χ3n) is 2.44. The maximum atomic E-state index is 13.7. The molecule has 0 amide bonds. The molecule has 19 heavy (non-hydrogen) atoms. The fraction of sp³-hybridized carbons (Fsp3) is 0.364. The van der Waals surface area contributed by atoms with Crippen molar-refractivity contribution in [3.63, 3.8) is 0 Å². The van der Waals surface area contributed by atoms with Crippen LogP contribution in [-0.4, -0.2) is 33.1 Å². The first-order valence-electron chi connectivity index (χ1n) is 5.34. The third-order valence-corrected chi connectivity index (χ3v) is 4.05. The third kappa shape index (κ3) is 3.65. The van der Waals surface area contributed by atoms with Gasteiger partial charge in [0.2, 0.25) is 10.0 Å². The van der Waals surface area contributed by atoms with Crippen molar-refractivity contribution in [2.45, 2.75) is 18.2 Å². The Kier molecular flexibility index (Phi) is 4.84. The second kappa shape index (κ2) is 5.98. The summed E-state index contributed by atoms with van der Waals surface area (Å²) in [5, 5.41) is 8.44. The zero-order valence-corrected chi connectivity index (χ0v) is 11.3. The van der Waals surface area contributed by atoms with Crippen molar-refractivity contribution in [3.8, 4) is 5.75 Å². The molecule has 0 aliphatic carbocycles. The van der Waals surface area contributed by atoms with Crippen molar-refractivity contribution in [3.05, 3.63) is 23.5 Å². The number of nitrogens with one attached hydrogen (secondary N) is 1. The molecule has 8 heteroatoms. The number of hydrogen-bond donors (Lipinski definition) is 2. The van der Waals surface area contributed by atoms with Crippen LogP contribution in [0.25, 0.3) is 0 Å². The maximum Gasteiger partial charge on any atom is 0.304 e. The van der Waals surface area contributed by atoms with Gasteiger partial charge in [0.25, 0.3) is 0 Å². The number of carbonyl (C=O) groups is 1. The number of hydrogen-bond acceptors (Lipinski definition) is 4. The second-order valence-corrected chi connectivity index (χ2v) is 5.48. The molecule has 0 aliphatic heterocycles. The van der Waals surface area contributed by atoms with Crippen LogP contribution in [0.1, 0.15) is 12.0 Å². The van der Waals surface area contributed by atoms with Crippen LogP contribution >= 0.6 is 0 Å². The van der Waals surface area contributed by atoms with E-state index in [4.69, 9.17) is 9.84 Å². The van der Waals surface area contributed by atoms with E-state index in [0.717, 1.165) is 0 Å². The largest absolute Gasteiger partial charge is 0.494 e. The molecular weight excluding hydrogens is 277 g/mol. The molecule has 1 aromatic carbocycles. The molecule has 0 unspecified atom stereocenters. The Bertz CT molecular complexity index is 585. The number of halogens is 1. The Morgan fingerprint density at radius 3 is 2.63 bits per heavy atom. The van der Waals surface area contributed by atoms with Gasteiger partial charge in [-0.05, 0) is 19.1 Å². The quantitative estimate of drug-likeness (QED) is 0.812. The fourth-order valence-corrected chi connectivity index (χ4v) is 2.73. The molecule has 2 N–H and O–H groups in total. The normalized spacial score (nSPS) is 11.3. The average molecular weight is 291 g/mol. The SMILES string of the molecule is COc1ccc(S(=O)(=O)NCCC(=O)O)c(C)c1F. The minimum absolute atomic E-state index is 0.0537. The van der Waals surface area contributed by atoms with Gasteiger partial charge in [-0.15, -0.1) is 0 Å². The number of carboxylic acids is 1.